The minimum absolute atomic E-state index is 0.0782. The summed E-state index contributed by atoms with van der Waals surface area (Å²) in [6.07, 6.45) is 2.98. The Bertz CT molecular complexity index is 450. The predicted octanol–water partition coefficient (Wildman–Crippen LogP) is 3.91. The molecule has 1 aromatic carbocycles. The zero-order chi connectivity index (χ0) is 13.3. The molecule has 1 aliphatic rings. The Morgan fingerprint density at radius 3 is 2.61 bits per heavy atom. The highest BCUT2D eigenvalue weighted by atomic mass is 16.4. The van der Waals surface area contributed by atoms with E-state index in [9.17, 15) is 4.79 Å². The predicted molar refractivity (Wildman–Crippen MR) is 72.8 cm³/mol. The van der Waals surface area contributed by atoms with Crippen LogP contribution < -0.4 is 0 Å². The van der Waals surface area contributed by atoms with Crippen molar-refractivity contribution in [2.24, 2.45) is 11.8 Å². The number of hydrogen-bond donors (Lipinski definition) is 1. The fourth-order valence-corrected chi connectivity index (χ4v) is 2.73. The van der Waals surface area contributed by atoms with E-state index in [0.29, 0.717) is 11.8 Å². The van der Waals surface area contributed by atoms with Crippen LogP contribution in [0.15, 0.2) is 18.2 Å². The minimum Gasteiger partial charge on any atom is -0.481 e. The lowest BCUT2D eigenvalue weighted by molar-refractivity contribution is -0.138. The molecule has 0 amide bonds. The van der Waals surface area contributed by atoms with Gasteiger partial charge in [0.1, 0.15) is 0 Å². The standard InChI is InChI=1S/C16H22O2/c1-4-12(8-14-9-15(14)16(17)18)13-6-5-10(2)11(3)7-13/h5-7,12,14-15H,4,8-9H2,1-3H3,(H,17,18). The van der Waals surface area contributed by atoms with Crippen LogP contribution in [0.3, 0.4) is 0 Å². The lowest BCUT2D eigenvalue weighted by Crippen LogP contribution is -2.04. The fourth-order valence-electron chi connectivity index (χ4n) is 2.73. The first-order valence-corrected chi connectivity index (χ1v) is 6.82. The maximum absolute atomic E-state index is 10.9. The van der Waals surface area contributed by atoms with E-state index >= 15 is 0 Å². The largest absolute Gasteiger partial charge is 0.481 e. The van der Waals surface area contributed by atoms with Crippen molar-refractivity contribution in [3.05, 3.63) is 34.9 Å². The molecule has 0 spiro atoms. The maximum atomic E-state index is 10.9. The van der Waals surface area contributed by atoms with Gasteiger partial charge in [0.15, 0.2) is 0 Å². The molecule has 0 heterocycles. The van der Waals surface area contributed by atoms with E-state index in [1.54, 1.807) is 0 Å². The summed E-state index contributed by atoms with van der Waals surface area (Å²) in [5.41, 5.74) is 4.02. The second-order valence-electron chi connectivity index (χ2n) is 5.63. The Morgan fingerprint density at radius 1 is 1.39 bits per heavy atom. The topological polar surface area (TPSA) is 37.3 Å². The van der Waals surface area contributed by atoms with Crippen LogP contribution in [0.2, 0.25) is 0 Å². The third-order valence-electron chi connectivity index (χ3n) is 4.32. The molecule has 0 bridgehead atoms. The number of hydrogen-bond acceptors (Lipinski definition) is 1. The number of benzene rings is 1. The van der Waals surface area contributed by atoms with Crippen LogP contribution in [0.1, 0.15) is 48.8 Å². The van der Waals surface area contributed by atoms with Gasteiger partial charge >= 0.3 is 5.97 Å². The molecular formula is C16H22O2. The van der Waals surface area contributed by atoms with Crippen LogP contribution in [0.25, 0.3) is 0 Å². The summed E-state index contributed by atoms with van der Waals surface area (Å²) >= 11 is 0. The summed E-state index contributed by atoms with van der Waals surface area (Å²) < 4.78 is 0. The number of carboxylic acids is 1. The average Bonchev–Trinajstić information content (AvgIpc) is 3.09. The van der Waals surface area contributed by atoms with Crippen molar-refractivity contribution in [3.63, 3.8) is 0 Å². The van der Waals surface area contributed by atoms with E-state index in [1.165, 1.54) is 16.7 Å². The molecule has 98 valence electrons. The van der Waals surface area contributed by atoms with Gasteiger partial charge in [0.25, 0.3) is 0 Å². The summed E-state index contributed by atoms with van der Waals surface area (Å²) in [5, 5.41) is 8.96. The number of rotatable bonds is 5. The van der Waals surface area contributed by atoms with Gasteiger partial charge in [-0.05, 0) is 61.6 Å². The number of carbonyl (C=O) groups is 1. The second-order valence-corrected chi connectivity index (χ2v) is 5.63. The van der Waals surface area contributed by atoms with E-state index in [1.807, 2.05) is 0 Å². The van der Waals surface area contributed by atoms with Crippen molar-refractivity contribution in [1.82, 2.24) is 0 Å². The van der Waals surface area contributed by atoms with Crippen LogP contribution in [0.5, 0.6) is 0 Å². The molecule has 1 fully saturated rings. The van der Waals surface area contributed by atoms with Gasteiger partial charge < -0.3 is 5.11 Å². The van der Waals surface area contributed by atoms with Crippen molar-refractivity contribution in [2.45, 2.75) is 46.0 Å². The quantitative estimate of drug-likeness (QED) is 0.855. The Hall–Kier alpha value is -1.31. The molecule has 0 saturated heterocycles. The van der Waals surface area contributed by atoms with Crippen LogP contribution in [-0.2, 0) is 4.79 Å². The van der Waals surface area contributed by atoms with E-state index in [0.717, 1.165) is 19.3 Å². The van der Waals surface area contributed by atoms with E-state index in [4.69, 9.17) is 5.11 Å². The highest BCUT2D eigenvalue weighted by Gasteiger charge is 2.43. The summed E-state index contributed by atoms with van der Waals surface area (Å²) in [5.74, 6) is 0.216. The van der Waals surface area contributed by atoms with Crippen LogP contribution in [0.4, 0.5) is 0 Å². The molecule has 3 unspecified atom stereocenters. The maximum Gasteiger partial charge on any atom is 0.306 e. The zero-order valence-electron chi connectivity index (χ0n) is 11.4. The fraction of sp³-hybridized carbons (Fsp3) is 0.562. The van der Waals surface area contributed by atoms with Gasteiger partial charge in [0.2, 0.25) is 0 Å². The van der Waals surface area contributed by atoms with Gasteiger partial charge in [0, 0.05) is 0 Å². The lowest BCUT2D eigenvalue weighted by atomic mass is 9.89. The molecular weight excluding hydrogens is 224 g/mol. The number of aliphatic carboxylic acids is 1. The van der Waals surface area contributed by atoms with E-state index < -0.39 is 5.97 Å². The van der Waals surface area contributed by atoms with Crippen molar-refractivity contribution < 1.29 is 9.90 Å². The second kappa shape index (κ2) is 5.13. The highest BCUT2D eigenvalue weighted by Crippen LogP contribution is 2.46. The van der Waals surface area contributed by atoms with Crippen LogP contribution >= 0.6 is 0 Å². The molecule has 2 rings (SSSR count). The molecule has 2 nitrogen and oxygen atoms in total. The summed E-state index contributed by atoms with van der Waals surface area (Å²) in [6, 6.07) is 6.64. The highest BCUT2D eigenvalue weighted by molar-refractivity contribution is 5.73. The monoisotopic (exact) mass is 246 g/mol. The Labute approximate surface area is 109 Å². The zero-order valence-corrected chi connectivity index (χ0v) is 11.4. The molecule has 1 saturated carbocycles. The smallest absolute Gasteiger partial charge is 0.306 e. The van der Waals surface area contributed by atoms with Gasteiger partial charge in [-0.25, -0.2) is 0 Å². The van der Waals surface area contributed by atoms with E-state index in [2.05, 4.69) is 39.0 Å². The lowest BCUT2D eigenvalue weighted by Gasteiger charge is -2.16. The summed E-state index contributed by atoms with van der Waals surface area (Å²) in [4.78, 5) is 10.9. The van der Waals surface area contributed by atoms with Crippen molar-refractivity contribution in [3.8, 4) is 0 Å². The first kappa shape index (κ1) is 13.1. The van der Waals surface area contributed by atoms with Crippen LogP contribution in [0, 0.1) is 25.7 Å². The number of carboxylic acid groups (broad SMARTS) is 1. The molecule has 1 aromatic rings. The van der Waals surface area contributed by atoms with Crippen molar-refractivity contribution >= 4 is 5.97 Å². The van der Waals surface area contributed by atoms with E-state index in [-0.39, 0.29) is 5.92 Å². The molecule has 1 N–H and O–H groups in total. The van der Waals surface area contributed by atoms with Gasteiger partial charge in [0.05, 0.1) is 5.92 Å². The molecule has 3 atom stereocenters. The minimum atomic E-state index is -0.616. The van der Waals surface area contributed by atoms with Gasteiger partial charge in [-0.15, -0.1) is 0 Å². The Morgan fingerprint density at radius 2 is 2.11 bits per heavy atom. The SMILES string of the molecule is CCC(CC1CC1C(=O)O)c1ccc(C)c(C)c1. The van der Waals surface area contributed by atoms with Crippen molar-refractivity contribution in [1.29, 1.82) is 0 Å². The summed E-state index contributed by atoms with van der Waals surface area (Å²) in [7, 11) is 0. The Kier molecular flexibility index (Phi) is 3.74. The number of aryl methyl sites for hydroxylation is 2. The molecule has 1 aliphatic carbocycles. The van der Waals surface area contributed by atoms with Crippen LogP contribution in [-0.4, -0.2) is 11.1 Å². The first-order valence-electron chi connectivity index (χ1n) is 6.82. The third kappa shape index (κ3) is 2.74. The molecule has 0 aromatic heterocycles. The summed E-state index contributed by atoms with van der Waals surface area (Å²) in [6.45, 7) is 6.46. The molecule has 0 radical (unpaired) electrons. The van der Waals surface area contributed by atoms with Gasteiger partial charge in [-0.3, -0.25) is 4.79 Å². The normalized spacial score (nSPS) is 23.7. The third-order valence-corrected chi connectivity index (χ3v) is 4.32. The van der Waals surface area contributed by atoms with Gasteiger partial charge in [-0.2, -0.15) is 0 Å². The van der Waals surface area contributed by atoms with Gasteiger partial charge in [-0.1, -0.05) is 25.1 Å². The molecule has 0 aliphatic heterocycles. The molecule has 18 heavy (non-hydrogen) atoms. The first-order chi connectivity index (χ1) is 8.52. The molecule has 2 heteroatoms. The van der Waals surface area contributed by atoms with Crippen molar-refractivity contribution in [2.75, 3.05) is 0 Å². The Balaban J connectivity index is 2.05. The average molecular weight is 246 g/mol.